The quantitative estimate of drug-likeness (QED) is 0.220. The maximum absolute atomic E-state index is 6.77. The van der Waals surface area contributed by atoms with Crippen molar-refractivity contribution in [1.82, 2.24) is 15.2 Å². The summed E-state index contributed by atoms with van der Waals surface area (Å²) in [6.07, 6.45) is 3.75. The van der Waals surface area contributed by atoms with Crippen LogP contribution in [0.2, 0.25) is 5.02 Å². The summed E-state index contributed by atoms with van der Waals surface area (Å²) < 4.78 is 20.1. The Balaban J connectivity index is 1.47. The molecule has 2 heterocycles. The van der Waals surface area contributed by atoms with E-state index in [9.17, 15) is 0 Å². The third-order valence-electron chi connectivity index (χ3n) is 7.30. The highest BCUT2D eigenvalue weighted by Crippen LogP contribution is 2.41. The normalized spacial score (nSPS) is 23.0. The van der Waals surface area contributed by atoms with Crippen LogP contribution in [0.3, 0.4) is 0 Å². The number of nitrogens with zero attached hydrogens (tertiary/aromatic N) is 3. The summed E-state index contributed by atoms with van der Waals surface area (Å²) in [5.41, 5.74) is 4.15. The van der Waals surface area contributed by atoms with Gasteiger partial charge in [-0.3, -0.25) is 0 Å². The van der Waals surface area contributed by atoms with Crippen LogP contribution in [0.25, 0.3) is 0 Å². The second kappa shape index (κ2) is 13.3. The molecule has 202 valence electrons. The second-order valence-electron chi connectivity index (χ2n) is 9.97. The van der Waals surface area contributed by atoms with Gasteiger partial charge in [0, 0.05) is 23.6 Å². The molecule has 0 bridgehead atoms. The van der Waals surface area contributed by atoms with Crippen molar-refractivity contribution >= 4 is 11.6 Å². The second-order valence-corrected chi connectivity index (χ2v) is 10.4. The van der Waals surface area contributed by atoms with Crippen molar-refractivity contribution in [2.45, 2.75) is 64.3 Å². The Labute approximate surface area is 235 Å². The van der Waals surface area contributed by atoms with Crippen molar-refractivity contribution in [1.29, 1.82) is 0 Å². The molecule has 6 nitrogen and oxygen atoms in total. The molecule has 0 aliphatic carbocycles. The molecule has 5 atom stereocenters. The maximum Gasteiger partial charge on any atom is 0.155 e. The molecule has 1 fully saturated rings. The molecule has 3 aromatic carbocycles. The molecule has 39 heavy (non-hydrogen) atoms. The fourth-order valence-corrected chi connectivity index (χ4v) is 5.39. The molecule has 5 rings (SSSR count). The summed E-state index contributed by atoms with van der Waals surface area (Å²) in [6, 6.07) is 26.5. The van der Waals surface area contributed by atoms with Crippen molar-refractivity contribution in [3.05, 3.63) is 124 Å². The van der Waals surface area contributed by atoms with E-state index in [0.29, 0.717) is 30.5 Å². The van der Waals surface area contributed by atoms with Gasteiger partial charge in [0.2, 0.25) is 0 Å². The SMILES string of the molecule is CC[C@H]1O[C@@H](c2ccc(Cl)c(Cc3nccnn3)c2)[C@H](OCc2ccccc2)[C@@H](OCc2ccccc2)[C@@H]1C. The number of benzene rings is 3. The Morgan fingerprint density at radius 1 is 0.846 bits per heavy atom. The molecule has 1 saturated heterocycles. The van der Waals surface area contributed by atoms with E-state index in [4.69, 9.17) is 25.8 Å². The average molecular weight is 544 g/mol. The summed E-state index contributed by atoms with van der Waals surface area (Å²) >= 11 is 6.62. The zero-order valence-corrected chi connectivity index (χ0v) is 23.1. The number of rotatable bonds is 10. The average Bonchev–Trinajstić information content (AvgIpc) is 2.98. The van der Waals surface area contributed by atoms with E-state index in [0.717, 1.165) is 28.7 Å². The number of hydrogen-bond acceptors (Lipinski definition) is 6. The molecule has 0 radical (unpaired) electrons. The molecule has 4 aromatic rings. The van der Waals surface area contributed by atoms with Crippen molar-refractivity contribution in [2.75, 3.05) is 0 Å². The molecular formula is C32H34ClN3O3. The lowest BCUT2D eigenvalue weighted by Gasteiger charge is -2.46. The van der Waals surface area contributed by atoms with Crippen LogP contribution < -0.4 is 0 Å². The van der Waals surface area contributed by atoms with Gasteiger partial charge < -0.3 is 14.2 Å². The first-order valence-electron chi connectivity index (χ1n) is 13.5. The van der Waals surface area contributed by atoms with Gasteiger partial charge in [-0.1, -0.05) is 98.2 Å². The lowest BCUT2D eigenvalue weighted by molar-refractivity contribution is -0.234. The predicted molar refractivity (Wildman–Crippen MR) is 151 cm³/mol. The van der Waals surface area contributed by atoms with Crippen LogP contribution in [0.15, 0.2) is 91.3 Å². The van der Waals surface area contributed by atoms with Gasteiger partial charge in [0.05, 0.1) is 31.6 Å². The van der Waals surface area contributed by atoms with Gasteiger partial charge >= 0.3 is 0 Å². The monoisotopic (exact) mass is 543 g/mol. The highest BCUT2D eigenvalue weighted by Gasteiger charge is 2.45. The molecule has 1 aliphatic heterocycles. The van der Waals surface area contributed by atoms with Crippen molar-refractivity contribution < 1.29 is 14.2 Å². The Morgan fingerprint density at radius 3 is 2.13 bits per heavy atom. The zero-order valence-electron chi connectivity index (χ0n) is 22.3. The summed E-state index contributed by atoms with van der Waals surface area (Å²) in [5.74, 6) is 0.758. The van der Waals surface area contributed by atoms with E-state index in [1.165, 1.54) is 0 Å². The van der Waals surface area contributed by atoms with Gasteiger partial charge in [-0.05, 0) is 34.7 Å². The smallest absolute Gasteiger partial charge is 0.155 e. The zero-order chi connectivity index (χ0) is 27.0. The highest BCUT2D eigenvalue weighted by atomic mass is 35.5. The largest absolute Gasteiger partial charge is 0.370 e. The molecule has 0 amide bonds. The molecule has 0 saturated carbocycles. The van der Waals surface area contributed by atoms with E-state index in [1.54, 1.807) is 12.4 Å². The van der Waals surface area contributed by atoms with Crippen molar-refractivity contribution in [3.63, 3.8) is 0 Å². The predicted octanol–water partition coefficient (Wildman–Crippen LogP) is 6.77. The Morgan fingerprint density at radius 2 is 1.51 bits per heavy atom. The van der Waals surface area contributed by atoms with Gasteiger partial charge in [0.1, 0.15) is 12.2 Å². The van der Waals surface area contributed by atoms with E-state index >= 15 is 0 Å². The molecule has 0 spiro atoms. The Kier molecular flexibility index (Phi) is 9.32. The van der Waals surface area contributed by atoms with Crippen LogP contribution in [0.4, 0.5) is 0 Å². The van der Waals surface area contributed by atoms with Crippen LogP contribution in [0.5, 0.6) is 0 Å². The van der Waals surface area contributed by atoms with Gasteiger partial charge in [0.25, 0.3) is 0 Å². The van der Waals surface area contributed by atoms with E-state index < -0.39 is 0 Å². The third kappa shape index (κ3) is 6.89. The van der Waals surface area contributed by atoms with Crippen LogP contribution in [0.1, 0.15) is 54.5 Å². The topological polar surface area (TPSA) is 66.4 Å². The summed E-state index contributed by atoms with van der Waals surface area (Å²) in [5, 5.41) is 8.75. The minimum absolute atomic E-state index is 0.0214. The highest BCUT2D eigenvalue weighted by molar-refractivity contribution is 6.31. The standard InChI is InChI=1S/C32H34ClN3O3/c1-3-28-22(2)30(37-20-23-10-6-4-7-11-23)32(38-21-24-12-8-5-9-13-24)31(39-28)25-14-15-27(33)26(18-25)19-29-34-16-17-35-36-29/h4-18,22,28,30-32H,3,19-21H2,1-2H3/t22-,28-,30+,31+,32-/m1/s1. The lowest BCUT2D eigenvalue weighted by atomic mass is 9.84. The lowest BCUT2D eigenvalue weighted by Crippen LogP contribution is -2.51. The minimum atomic E-state index is -0.332. The summed E-state index contributed by atoms with van der Waals surface area (Å²) in [4.78, 5) is 4.33. The van der Waals surface area contributed by atoms with Crippen molar-refractivity contribution in [3.8, 4) is 0 Å². The summed E-state index contributed by atoms with van der Waals surface area (Å²) in [6.45, 7) is 5.33. The van der Waals surface area contributed by atoms with Gasteiger partial charge in [-0.15, -0.1) is 5.10 Å². The number of aromatic nitrogens is 3. The van der Waals surface area contributed by atoms with Crippen LogP contribution in [-0.2, 0) is 33.8 Å². The molecular weight excluding hydrogens is 510 g/mol. The third-order valence-corrected chi connectivity index (χ3v) is 7.67. The Hall–Kier alpha value is -3.16. The fraction of sp³-hybridized carbons (Fsp3) is 0.344. The molecule has 0 unspecified atom stereocenters. The van der Waals surface area contributed by atoms with E-state index in [-0.39, 0.29) is 30.3 Å². The Bertz CT molecular complexity index is 1310. The van der Waals surface area contributed by atoms with Crippen molar-refractivity contribution in [2.24, 2.45) is 5.92 Å². The first-order chi connectivity index (χ1) is 19.1. The number of halogens is 1. The first-order valence-corrected chi connectivity index (χ1v) is 13.9. The first kappa shape index (κ1) is 27.4. The van der Waals surface area contributed by atoms with E-state index in [2.05, 4.69) is 59.4 Å². The van der Waals surface area contributed by atoms with Gasteiger partial charge in [-0.2, -0.15) is 5.10 Å². The fourth-order valence-electron chi connectivity index (χ4n) is 5.20. The van der Waals surface area contributed by atoms with Crippen LogP contribution in [-0.4, -0.2) is 33.5 Å². The van der Waals surface area contributed by atoms with Gasteiger partial charge in [0.15, 0.2) is 5.82 Å². The summed E-state index contributed by atoms with van der Waals surface area (Å²) in [7, 11) is 0. The van der Waals surface area contributed by atoms with Crippen LogP contribution in [0, 0.1) is 5.92 Å². The molecule has 1 aliphatic rings. The van der Waals surface area contributed by atoms with Gasteiger partial charge in [-0.25, -0.2) is 4.98 Å². The number of ether oxygens (including phenoxy) is 3. The molecule has 7 heteroatoms. The molecule has 1 aromatic heterocycles. The maximum atomic E-state index is 6.77. The minimum Gasteiger partial charge on any atom is -0.370 e. The number of hydrogen-bond donors (Lipinski definition) is 0. The van der Waals surface area contributed by atoms with E-state index in [1.807, 2.05) is 48.5 Å². The molecule has 0 N–H and O–H groups in total. The van der Waals surface area contributed by atoms with Crippen LogP contribution >= 0.6 is 11.6 Å².